The van der Waals surface area contributed by atoms with Crippen molar-refractivity contribution in [1.29, 1.82) is 0 Å². The van der Waals surface area contributed by atoms with Crippen LogP contribution in [0.5, 0.6) is 11.5 Å². The van der Waals surface area contributed by atoms with Crippen LogP contribution in [0.3, 0.4) is 0 Å². The van der Waals surface area contributed by atoms with E-state index in [9.17, 15) is 9.59 Å². The van der Waals surface area contributed by atoms with Crippen molar-refractivity contribution in [1.82, 2.24) is 14.4 Å². The maximum Gasteiger partial charge on any atom is 0.256 e. The minimum Gasteiger partial charge on any atom is -0.497 e. The molecular weight excluding hydrogens is 474 g/mol. The van der Waals surface area contributed by atoms with E-state index in [1.165, 1.54) is 6.08 Å². The SMILES string of the molecule is C=CC(=O)Nc1cccc(CN(C)c2nc(Nc3cc(OC)cc(OC)c3)c(C(N)=O)c3nccn23)c1. The number of hydrogen-bond donors (Lipinski definition) is 3. The number of primary amides is 1. The predicted octanol–water partition coefficient (Wildman–Crippen LogP) is 3.35. The monoisotopic (exact) mass is 501 g/mol. The van der Waals surface area contributed by atoms with Crippen LogP contribution in [-0.4, -0.2) is 47.5 Å². The molecule has 0 aliphatic heterocycles. The van der Waals surface area contributed by atoms with Crippen molar-refractivity contribution in [2.24, 2.45) is 5.73 Å². The predicted molar refractivity (Wildman–Crippen MR) is 142 cm³/mol. The van der Waals surface area contributed by atoms with Crippen LogP contribution in [0.15, 0.2) is 67.5 Å². The Morgan fingerprint density at radius 3 is 2.51 bits per heavy atom. The molecule has 2 heterocycles. The Bertz CT molecular complexity index is 1460. The highest BCUT2D eigenvalue weighted by molar-refractivity contribution is 6.04. The van der Waals surface area contributed by atoms with Crippen LogP contribution in [0, 0.1) is 0 Å². The first-order valence-corrected chi connectivity index (χ1v) is 11.2. The van der Waals surface area contributed by atoms with Gasteiger partial charge in [-0.1, -0.05) is 18.7 Å². The van der Waals surface area contributed by atoms with Gasteiger partial charge in [0.25, 0.3) is 5.91 Å². The second-order valence-corrected chi connectivity index (χ2v) is 8.10. The Labute approximate surface area is 213 Å². The van der Waals surface area contributed by atoms with Crippen molar-refractivity contribution >= 4 is 40.6 Å². The van der Waals surface area contributed by atoms with Gasteiger partial charge in [-0.25, -0.2) is 4.98 Å². The third-order valence-electron chi connectivity index (χ3n) is 5.53. The highest BCUT2D eigenvalue weighted by atomic mass is 16.5. The molecule has 11 nitrogen and oxygen atoms in total. The summed E-state index contributed by atoms with van der Waals surface area (Å²) in [5.74, 6) is 0.890. The molecule has 0 spiro atoms. The molecule has 0 unspecified atom stereocenters. The normalized spacial score (nSPS) is 10.6. The van der Waals surface area contributed by atoms with Gasteiger partial charge in [-0.3, -0.25) is 14.0 Å². The minimum absolute atomic E-state index is 0.137. The summed E-state index contributed by atoms with van der Waals surface area (Å²) in [4.78, 5) is 35.2. The van der Waals surface area contributed by atoms with Crippen LogP contribution in [0.25, 0.3) is 5.65 Å². The highest BCUT2D eigenvalue weighted by Gasteiger charge is 2.22. The Hall–Kier alpha value is -5.06. The van der Waals surface area contributed by atoms with Gasteiger partial charge >= 0.3 is 0 Å². The van der Waals surface area contributed by atoms with E-state index in [4.69, 9.17) is 20.2 Å². The lowest BCUT2D eigenvalue weighted by Gasteiger charge is -2.22. The van der Waals surface area contributed by atoms with Gasteiger partial charge in [0, 0.05) is 55.6 Å². The quantitative estimate of drug-likeness (QED) is 0.282. The van der Waals surface area contributed by atoms with Crippen LogP contribution in [0.1, 0.15) is 15.9 Å². The topological polar surface area (TPSA) is 136 Å². The lowest BCUT2D eigenvalue weighted by molar-refractivity contribution is -0.111. The molecule has 190 valence electrons. The second kappa shape index (κ2) is 10.7. The largest absolute Gasteiger partial charge is 0.497 e. The van der Waals surface area contributed by atoms with E-state index >= 15 is 0 Å². The average Bonchev–Trinajstić information content (AvgIpc) is 3.37. The van der Waals surface area contributed by atoms with Gasteiger partial charge in [0.1, 0.15) is 17.1 Å². The van der Waals surface area contributed by atoms with E-state index in [1.54, 1.807) is 55.3 Å². The van der Waals surface area contributed by atoms with E-state index in [0.717, 1.165) is 5.56 Å². The molecule has 2 amide bonds. The number of nitrogens with zero attached hydrogens (tertiary/aromatic N) is 4. The standard InChI is InChI=1S/C26H27N7O4/c1-5-21(34)29-17-8-6-7-16(11-17)15-32(2)26-31-24(22(23(27)35)25-28-9-10-33(25)26)30-18-12-19(36-3)14-20(13-18)37-4/h5-14,30H,1,15H2,2-4H3,(H2,27,35)(H,29,34). The maximum atomic E-state index is 12.5. The van der Waals surface area contributed by atoms with Gasteiger partial charge in [-0.2, -0.15) is 4.98 Å². The van der Waals surface area contributed by atoms with Crippen molar-refractivity contribution in [2.45, 2.75) is 6.54 Å². The number of aromatic nitrogens is 3. The fourth-order valence-corrected chi connectivity index (χ4v) is 3.85. The van der Waals surface area contributed by atoms with E-state index in [-0.39, 0.29) is 17.3 Å². The van der Waals surface area contributed by atoms with Crippen molar-refractivity contribution in [3.63, 3.8) is 0 Å². The molecule has 0 atom stereocenters. The summed E-state index contributed by atoms with van der Waals surface area (Å²) in [7, 11) is 4.96. The van der Waals surface area contributed by atoms with Crippen LogP contribution in [-0.2, 0) is 11.3 Å². The summed E-state index contributed by atoms with van der Waals surface area (Å²) in [5, 5.41) is 5.93. The van der Waals surface area contributed by atoms with Gasteiger partial charge in [0.15, 0.2) is 11.5 Å². The minimum atomic E-state index is -0.680. The smallest absolute Gasteiger partial charge is 0.256 e. The van der Waals surface area contributed by atoms with E-state index in [2.05, 4.69) is 22.2 Å². The number of nitrogens with one attached hydrogen (secondary N) is 2. The number of benzene rings is 2. The second-order valence-electron chi connectivity index (χ2n) is 8.10. The molecule has 4 rings (SSSR count). The first kappa shape index (κ1) is 25.0. The highest BCUT2D eigenvalue weighted by Crippen LogP contribution is 2.31. The molecule has 0 aliphatic rings. The molecular formula is C26H27N7O4. The van der Waals surface area contributed by atoms with Gasteiger partial charge < -0.3 is 30.7 Å². The number of rotatable bonds is 10. The summed E-state index contributed by atoms with van der Waals surface area (Å²) in [6, 6.07) is 12.7. The molecule has 2 aromatic heterocycles. The molecule has 0 saturated heterocycles. The molecule has 0 bridgehead atoms. The van der Waals surface area contributed by atoms with Crippen molar-refractivity contribution in [3.8, 4) is 11.5 Å². The number of carbonyl (C=O) groups is 2. The fraction of sp³-hybridized carbons (Fsp3) is 0.154. The Kier molecular flexibility index (Phi) is 7.23. The molecule has 0 saturated carbocycles. The third-order valence-corrected chi connectivity index (χ3v) is 5.53. The van der Waals surface area contributed by atoms with Gasteiger partial charge in [0.05, 0.1) is 14.2 Å². The third kappa shape index (κ3) is 5.45. The summed E-state index contributed by atoms with van der Waals surface area (Å²) < 4.78 is 12.4. The molecule has 0 radical (unpaired) electrons. The molecule has 37 heavy (non-hydrogen) atoms. The first-order chi connectivity index (χ1) is 17.8. The van der Waals surface area contributed by atoms with E-state index in [0.29, 0.717) is 41.0 Å². The number of hydrogen-bond acceptors (Lipinski definition) is 8. The van der Waals surface area contributed by atoms with Crippen molar-refractivity contribution < 1.29 is 19.1 Å². The maximum absolute atomic E-state index is 12.5. The van der Waals surface area contributed by atoms with Crippen molar-refractivity contribution in [2.75, 3.05) is 36.8 Å². The number of anilines is 4. The first-order valence-electron chi connectivity index (χ1n) is 11.2. The van der Waals surface area contributed by atoms with Gasteiger partial charge in [-0.15, -0.1) is 0 Å². The van der Waals surface area contributed by atoms with E-state index in [1.807, 2.05) is 30.1 Å². The number of carbonyl (C=O) groups excluding carboxylic acids is 2. The summed E-state index contributed by atoms with van der Waals surface area (Å²) in [5.41, 5.74) is 8.39. The number of nitrogens with two attached hydrogens (primary N) is 1. The van der Waals surface area contributed by atoms with Gasteiger partial charge in [-0.05, 0) is 23.8 Å². The lowest BCUT2D eigenvalue weighted by atomic mass is 10.2. The van der Waals surface area contributed by atoms with Crippen LogP contribution in [0.2, 0.25) is 0 Å². The molecule has 4 N–H and O–H groups in total. The zero-order valence-electron chi connectivity index (χ0n) is 20.7. The number of ether oxygens (including phenoxy) is 2. The zero-order chi connectivity index (χ0) is 26.5. The molecule has 11 heteroatoms. The number of fused-ring (bicyclic) bond motifs is 1. The summed E-state index contributed by atoms with van der Waals surface area (Å²) >= 11 is 0. The summed E-state index contributed by atoms with van der Waals surface area (Å²) in [6.07, 6.45) is 4.50. The average molecular weight is 502 g/mol. The Morgan fingerprint density at radius 2 is 1.86 bits per heavy atom. The van der Waals surface area contributed by atoms with Crippen LogP contribution >= 0.6 is 0 Å². The van der Waals surface area contributed by atoms with E-state index < -0.39 is 5.91 Å². The molecule has 4 aromatic rings. The van der Waals surface area contributed by atoms with Crippen molar-refractivity contribution in [3.05, 3.63) is 78.6 Å². The number of amides is 2. The molecule has 2 aromatic carbocycles. The van der Waals surface area contributed by atoms with Crippen LogP contribution < -0.4 is 30.7 Å². The number of methoxy groups -OCH3 is 2. The van der Waals surface area contributed by atoms with Gasteiger partial charge in [0.2, 0.25) is 11.9 Å². The summed E-state index contributed by atoms with van der Waals surface area (Å²) in [6.45, 7) is 3.92. The fourth-order valence-electron chi connectivity index (χ4n) is 3.85. The zero-order valence-corrected chi connectivity index (χ0v) is 20.7. The molecule has 0 fully saturated rings. The van der Waals surface area contributed by atoms with Crippen LogP contribution in [0.4, 0.5) is 23.1 Å². The number of imidazole rings is 1. The molecule has 0 aliphatic carbocycles. The Morgan fingerprint density at radius 1 is 1.14 bits per heavy atom. The lowest BCUT2D eigenvalue weighted by Crippen LogP contribution is -2.24. The Balaban J connectivity index is 1.74.